The van der Waals surface area contributed by atoms with E-state index in [-0.39, 0.29) is 0 Å². The van der Waals surface area contributed by atoms with Crippen LogP contribution in [0.2, 0.25) is 0 Å². The summed E-state index contributed by atoms with van der Waals surface area (Å²) in [5.74, 6) is 1.67. The summed E-state index contributed by atoms with van der Waals surface area (Å²) in [6, 6.07) is 1.92. The molecule has 64 valence electrons. The van der Waals surface area contributed by atoms with E-state index in [1.807, 2.05) is 18.1 Å². The minimum absolute atomic E-state index is 0.691. The Balaban J connectivity index is 2.27. The lowest BCUT2D eigenvalue weighted by atomic mass is 10.4. The number of rotatable bonds is 1. The molecule has 1 aromatic rings. The fourth-order valence-electron chi connectivity index (χ4n) is 1.26. The van der Waals surface area contributed by atoms with E-state index in [0.29, 0.717) is 5.84 Å². The third-order valence-electron chi connectivity index (χ3n) is 1.89. The lowest BCUT2D eigenvalue weighted by Crippen LogP contribution is -2.15. The molecule has 0 saturated carbocycles. The van der Waals surface area contributed by atoms with Gasteiger partial charge in [0.1, 0.15) is 11.7 Å². The van der Waals surface area contributed by atoms with Gasteiger partial charge in [-0.15, -0.1) is 0 Å². The van der Waals surface area contributed by atoms with Crippen molar-refractivity contribution in [2.45, 2.75) is 6.42 Å². The topological polar surface area (TPSA) is 59.4 Å². The van der Waals surface area contributed by atoms with E-state index in [2.05, 4.69) is 10.2 Å². The quantitative estimate of drug-likeness (QED) is 0.632. The molecule has 2 N–H and O–H groups in total. The summed E-state index contributed by atoms with van der Waals surface area (Å²) in [4.78, 5) is 0. The van der Waals surface area contributed by atoms with Crippen LogP contribution in [-0.2, 0) is 7.05 Å². The third kappa shape index (κ3) is 1.03. The Labute approximate surface area is 70.5 Å². The number of nitrogens with zero attached hydrogens (tertiary/aromatic N) is 4. The number of hydrazone groups is 1. The van der Waals surface area contributed by atoms with Gasteiger partial charge < -0.3 is 5.73 Å². The highest BCUT2D eigenvalue weighted by Gasteiger charge is 2.15. The number of nitrogens with two attached hydrogens (primary N) is 1. The molecule has 0 unspecified atom stereocenters. The Hall–Kier alpha value is -1.52. The van der Waals surface area contributed by atoms with Crippen LogP contribution in [0.15, 0.2) is 17.4 Å². The molecule has 0 aliphatic carbocycles. The van der Waals surface area contributed by atoms with Gasteiger partial charge in [0.2, 0.25) is 0 Å². The zero-order chi connectivity index (χ0) is 8.55. The van der Waals surface area contributed by atoms with Crippen molar-refractivity contribution in [3.8, 4) is 0 Å². The number of aromatic nitrogens is 2. The zero-order valence-electron chi connectivity index (χ0n) is 6.94. The van der Waals surface area contributed by atoms with Crippen LogP contribution in [0.5, 0.6) is 0 Å². The highest BCUT2D eigenvalue weighted by atomic mass is 15.5. The molecule has 0 aromatic carbocycles. The zero-order valence-corrected chi connectivity index (χ0v) is 6.94. The van der Waals surface area contributed by atoms with Crippen LogP contribution in [-0.4, -0.2) is 22.2 Å². The summed E-state index contributed by atoms with van der Waals surface area (Å²) in [5.41, 5.74) is 5.56. The van der Waals surface area contributed by atoms with E-state index < -0.39 is 0 Å². The predicted octanol–water partition coefficient (Wildman–Crippen LogP) is -0.0976. The molecular formula is C7H11N5. The highest BCUT2D eigenvalue weighted by molar-refractivity contribution is 5.83. The minimum Gasteiger partial charge on any atom is -0.386 e. The van der Waals surface area contributed by atoms with Gasteiger partial charge in [0, 0.05) is 19.5 Å². The van der Waals surface area contributed by atoms with E-state index in [4.69, 9.17) is 5.73 Å². The fourth-order valence-corrected chi connectivity index (χ4v) is 1.26. The Morgan fingerprint density at radius 1 is 1.58 bits per heavy atom. The van der Waals surface area contributed by atoms with Gasteiger partial charge >= 0.3 is 0 Å². The average Bonchev–Trinajstić information content (AvgIpc) is 2.58. The molecule has 12 heavy (non-hydrogen) atoms. The molecule has 5 nitrogen and oxygen atoms in total. The molecule has 2 heterocycles. The van der Waals surface area contributed by atoms with Crippen molar-refractivity contribution >= 4 is 11.7 Å². The van der Waals surface area contributed by atoms with Crippen molar-refractivity contribution in [2.24, 2.45) is 17.9 Å². The lowest BCUT2D eigenvalue weighted by Gasteiger charge is -2.11. The van der Waals surface area contributed by atoms with Crippen LogP contribution in [0.1, 0.15) is 6.42 Å². The van der Waals surface area contributed by atoms with Gasteiger partial charge in [-0.1, -0.05) is 0 Å². The summed E-state index contributed by atoms with van der Waals surface area (Å²) in [6.07, 6.45) is 2.59. The number of aryl methyl sites for hydroxylation is 1. The van der Waals surface area contributed by atoms with Crippen LogP contribution in [0.3, 0.4) is 0 Å². The maximum Gasteiger partial charge on any atom is 0.146 e. The van der Waals surface area contributed by atoms with E-state index in [1.54, 1.807) is 10.9 Å². The van der Waals surface area contributed by atoms with Gasteiger partial charge in [-0.2, -0.15) is 10.2 Å². The first-order valence-corrected chi connectivity index (χ1v) is 3.86. The Morgan fingerprint density at radius 3 is 2.92 bits per heavy atom. The van der Waals surface area contributed by atoms with Crippen LogP contribution in [0.25, 0.3) is 0 Å². The van der Waals surface area contributed by atoms with Crippen molar-refractivity contribution in [1.82, 2.24) is 9.78 Å². The summed E-state index contributed by atoms with van der Waals surface area (Å²) < 4.78 is 1.78. The number of hydrogen-bond donors (Lipinski definition) is 1. The minimum atomic E-state index is 0.691. The summed E-state index contributed by atoms with van der Waals surface area (Å²) >= 11 is 0. The largest absolute Gasteiger partial charge is 0.386 e. The second kappa shape index (κ2) is 2.51. The molecule has 0 saturated heterocycles. The molecule has 0 amide bonds. The summed E-state index contributed by atoms with van der Waals surface area (Å²) in [6.45, 7) is 0.853. The molecule has 2 rings (SSSR count). The third-order valence-corrected chi connectivity index (χ3v) is 1.89. The van der Waals surface area contributed by atoms with Crippen LogP contribution in [0, 0.1) is 0 Å². The highest BCUT2D eigenvalue weighted by Crippen LogP contribution is 2.16. The summed E-state index contributed by atoms with van der Waals surface area (Å²) in [7, 11) is 1.89. The molecule has 0 bridgehead atoms. The van der Waals surface area contributed by atoms with Crippen molar-refractivity contribution in [3.63, 3.8) is 0 Å². The van der Waals surface area contributed by atoms with E-state index in [1.165, 1.54) is 0 Å². The van der Waals surface area contributed by atoms with Gasteiger partial charge in [0.05, 0.1) is 12.7 Å². The molecule has 0 radical (unpaired) electrons. The van der Waals surface area contributed by atoms with Crippen LogP contribution < -0.4 is 10.7 Å². The second-order valence-corrected chi connectivity index (χ2v) is 2.78. The molecule has 5 heteroatoms. The summed E-state index contributed by atoms with van der Waals surface area (Å²) in [5, 5.41) is 10.1. The van der Waals surface area contributed by atoms with Crippen molar-refractivity contribution in [1.29, 1.82) is 0 Å². The van der Waals surface area contributed by atoms with Crippen LogP contribution in [0.4, 0.5) is 5.82 Å². The van der Waals surface area contributed by atoms with Gasteiger partial charge in [0.15, 0.2) is 0 Å². The van der Waals surface area contributed by atoms with Crippen molar-refractivity contribution in [3.05, 3.63) is 12.3 Å². The van der Waals surface area contributed by atoms with E-state index in [0.717, 1.165) is 18.8 Å². The van der Waals surface area contributed by atoms with Crippen LogP contribution >= 0.6 is 0 Å². The molecular weight excluding hydrogens is 154 g/mol. The van der Waals surface area contributed by atoms with E-state index in [9.17, 15) is 0 Å². The van der Waals surface area contributed by atoms with Crippen molar-refractivity contribution in [2.75, 3.05) is 11.6 Å². The standard InChI is InChI=1S/C7H11N5/c1-11-7(2-4-9-11)12-5-3-6(8)10-12/h2,4H,3,5H2,1H3,(H2,8,10). The van der Waals surface area contributed by atoms with E-state index >= 15 is 0 Å². The first-order valence-electron chi connectivity index (χ1n) is 3.86. The molecule has 1 aliphatic rings. The fraction of sp³-hybridized carbons (Fsp3) is 0.429. The number of hydrogen-bond acceptors (Lipinski definition) is 4. The molecule has 0 fully saturated rings. The lowest BCUT2D eigenvalue weighted by molar-refractivity contribution is 0.732. The smallest absolute Gasteiger partial charge is 0.146 e. The predicted molar refractivity (Wildman–Crippen MR) is 46.8 cm³/mol. The molecule has 1 aromatic heterocycles. The molecule has 1 aliphatic heterocycles. The first kappa shape index (κ1) is 7.15. The Morgan fingerprint density at radius 2 is 2.42 bits per heavy atom. The van der Waals surface area contributed by atoms with Crippen molar-refractivity contribution < 1.29 is 0 Å². The Bertz CT molecular complexity index is 313. The van der Waals surface area contributed by atoms with Gasteiger partial charge in [0.25, 0.3) is 0 Å². The number of amidine groups is 1. The van der Waals surface area contributed by atoms with Gasteiger partial charge in [-0.25, -0.2) is 5.01 Å². The Kier molecular flexibility index (Phi) is 1.49. The van der Waals surface area contributed by atoms with Gasteiger partial charge in [-0.3, -0.25) is 4.68 Å². The molecule has 0 atom stereocenters. The second-order valence-electron chi connectivity index (χ2n) is 2.78. The molecule has 0 spiro atoms. The average molecular weight is 165 g/mol. The normalized spacial score (nSPS) is 16.8. The first-order chi connectivity index (χ1) is 5.77. The maximum absolute atomic E-state index is 5.56. The number of anilines is 1. The van der Waals surface area contributed by atoms with Gasteiger partial charge in [-0.05, 0) is 0 Å². The maximum atomic E-state index is 5.56. The SMILES string of the molecule is Cn1nccc1N1CCC(N)=N1. The monoisotopic (exact) mass is 165 g/mol.